The second-order valence-corrected chi connectivity index (χ2v) is 14.9. The lowest BCUT2D eigenvalue weighted by molar-refractivity contribution is -0.299. The van der Waals surface area contributed by atoms with Gasteiger partial charge >= 0.3 is 5.97 Å². The van der Waals surface area contributed by atoms with E-state index in [4.69, 9.17) is 9.47 Å². The van der Waals surface area contributed by atoms with E-state index in [9.17, 15) is 50.4 Å². The molecule has 0 saturated carbocycles. The first-order chi connectivity index (χ1) is 25.0. The monoisotopic (exact) mass is 748 g/mol. The number of rotatable bonds is 0. The molecule has 300 valence electrons. The Kier molecular flexibility index (Phi) is 20.9. The van der Waals surface area contributed by atoms with Crippen LogP contribution in [0.4, 0.5) is 0 Å². The lowest BCUT2D eigenvalue weighted by atomic mass is 9.84. The minimum Gasteiger partial charge on any atom is -0.462 e. The van der Waals surface area contributed by atoms with Gasteiger partial charge in [-0.2, -0.15) is 0 Å². The van der Waals surface area contributed by atoms with Crippen molar-refractivity contribution >= 4 is 11.8 Å². The van der Waals surface area contributed by atoms with Gasteiger partial charge in [-0.05, 0) is 45.1 Å². The third-order valence-corrected chi connectivity index (χ3v) is 9.97. The first-order valence-corrected chi connectivity index (χ1v) is 18.9. The highest BCUT2D eigenvalue weighted by atomic mass is 16.6. The molecule has 2 heterocycles. The minimum absolute atomic E-state index is 0.0563. The zero-order chi connectivity index (χ0) is 39.6. The van der Waals surface area contributed by atoms with Gasteiger partial charge in [-0.15, -0.1) is 0 Å². The van der Waals surface area contributed by atoms with E-state index < -0.39 is 78.5 Å². The summed E-state index contributed by atoms with van der Waals surface area (Å²) in [5.74, 6) is -3.68. The fourth-order valence-electron chi connectivity index (χ4n) is 6.50. The molecule has 53 heavy (non-hydrogen) atoms. The topological polar surface area (TPSA) is 214 Å². The number of fused-ring (bicyclic) bond motifs is 2. The van der Waals surface area contributed by atoms with Gasteiger partial charge in [0, 0.05) is 43.4 Å². The Morgan fingerprint density at radius 1 is 0.679 bits per heavy atom. The molecular weight excluding hydrogens is 684 g/mol. The number of esters is 1. The maximum absolute atomic E-state index is 12.5. The van der Waals surface area contributed by atoms with E-state index in [0.29, 0.717) is 6.42 Å². The van der Waals surface area contributed by atoms with Crippen LogP contribution in [0.15, 0.2) is 72.9 Å². The molecule has 0 aromatic heterocycles. The van der Waals surface area contributed by atoms with Crippen LogP contribution in [0.2, 0.25) is 0 Å². The zero-order valence-electron chi connectivity index (χ0n) is 31.6. The predicted molar refractivity (Wildman–Crippen MR) is 201 cm³/mol. The first-order valence-electron chi connectivity index (χ1n) is 18.9. The Labute approximate surface area is 314 Å². The van der Waals surface area contributed by atoms with Crippen molar-refractivity contribution in [3.63, 3.8) is 0 Å². The molecule has 1 saturated heterocycles. The number of allylic oxidation sites excluding steroid dienone is 10. The maximum atomic E-state index is 12.5. The molecule has 0 radical (unpaired) electrons. The lowest BCUT2D eigenvalue weighted by Gasteiger charge is -2.44. The number of carbonyl (C=O) groups is 2. The minimum atomic E-state index is -1.83. The van der Waals surface area contributed by atoms with Gasteiger partial charge < -0.3 is 50.3 Å². The molecular formula is C41H64O12. The van der Waals surface area contributed by atoms with Gasteiger partial charge in [0.15, 0.2) is 11.6 Å². The molecule has 8 N–H and O–H groups in total. The van der Waals surface area contributed by atoms with Crippen LogP contribution in [0.25, 0.3) is 0 Å². The summed E-state index contributed by atoms with van der Waals surface area (Å²) in [5, 5.41) is 85.2. The summed E-state index contributed by atoms with van der Waals surface area (Å²) >= 11 is 0. The van der Waals surface area contributed by atoms with Gasteiger partial charge in [0.05, 0.1) is 55.3 Å². The summed E-state index contributed by atoms with van der Waals surface area (Å²) in [6.07, 6.45) is 12.0. The highest BCUT2D eigenvalue weighted by Gasteiger charge is 2.45. The summed E-state index contributed by atoms with van der Waals surface area (Å²) < 4.78 is 11.4. The summed E-state index contributed by atoms with van der Waals surface area (Å²) in [6, 6.07) is 0. The van der Waals surface area contributed by atoms with Crippen LogP contribution in [-0.4, -0.2) is 113 Å². The van der Waals surface area contributed by atoms with Crippen molar-refractivity contribution in [2.75, 3.05) is 0 Å². The number of hydrogen-bond donors (Lipinski definition) is 8. The van der Waals surface area contributed by atoms with E-state index in [-0.39, 0.29) is 69.5 Å². The molecule has 1 fully saturated rings. The molecule has 0 amide bonds. The van der Waals surface area contributed by atoms with E-state index in [1.807, 2.05) is 13.0 Å². The number of aliphatic hydroxyl groups excluding tert-OH is 7. The molecule has 12 nitrogen and oxygen atoms in total. The molecule has 0 aromatic carbocycles. The van der Waals surface area contributed by atoms with Crippen molar-refractivity contribution < 1.29 is 59.9 Å². The number of carbonyl (C=O) groups excluding carboxylic acids is 2. The van der Waals surface area contributed by atoms with Crippen molar-refractivity contribution in [3.8, 4) is 0 Å². The van der Waals surface area contributed by atoms with Crippen molar-refractivity contribution in [2.24, 2.45) is 17.8 Å². The normalized spacial score (nSPS) is 42.7. The third-order valence-electron chi connectivity index (χ3n) is 9.97. The Morgan fingerprint density at radius 3 is 2.02 bits per heavy atom. The van der Waals surface area contributed by atoms with E-state index in [1.165, 1.54) is 12.2 Å². The van der Waals surface area contributed by atoms with Gasteiger partial charge in [0.2, 0.25) is 0 Å². The first kappa shape index (κ1) is 46.4. The molecule has 2 rings (SSSR count). The van der Waals surface area contributed by atoms with E-state index in [1.54, 1.807) is 75.5 Å². The average molecular weight is 749 g/mol. The second-order valence-electron chi connectivity index (χ2n) is 14.9. The molecule has 13 atom stereocenters. The molecule has 2 aliphatic heterocycles. The number of ketones is 1. The van der Waals surface area contributed by atoms with E-state index in [2.05, 4.69) is 0 Å². The highest BCUT2D eigenvalue weighted by Crippen LogP contribution is 2.36. The highest BCUT2D eigenvalue weighted by molar-refractivity contribution is 5.90. The van der Waals surface area contributed by atoms with Gasteiger partial charge in [0.25, 0.3) is 0 Å². The van der Waals surface area contributed by atoms with Crippen LogP contribution in [0.1, 0.15) is 91.9 Å². The van der Waals surface area contributed by atoms with Crippen LogP contribution in [-0.2, 0) is 19.1 Å². The summed E-state index contributed by atoms with van der Waals surface area (Å²) in [7, 11) is 0. The SMILES string of the molecule is CC1/C=C/C=C/C=C/C=C/C(=O)C/C=C/C=C/C(O)CC2OC(O)(CC(O)CCCC(O)CC(O)CC(O)CC(=O)O[C@@H](C)[C@H](C)[C@@H]1O)C[C@H](O)C2C. The molecule has 12 heteroatoms. The van der Waals surface area contributed by atoms with Crippen molar-refractivity contribution in [3.05, 3.63) is 72.9 Å². The van der Waals surface area contributed by atoms with Gasteiger partial charge in [-0.25, -0.2) is 0 Å². The Morgan fingerprint density at radius 2 is 1.30 bits per heavy atom. The number of cyclic esters (lactones) is 1. The largest absolute Gasteiger partial charge is 0.462 e. The van der Waals surface area contributed by atoms with Crippen molar-refractivity contribution in [1.29, 1.82) is 0 Å². The third kappa shape index (κ3) is 18.4. The molecule has 9 unspecified atom stereocenters. The summed E-state index contributed by atoms with van der Waals surface area (Å²) in [6.45, 7) is 7.03. The standard InChI is InChI=1S/C41H64O12/c1-27-15-10-7-5-6-8-11-16-31(42)17-12-9-13-18-33(44)23-38-29(3)37(48)26-41(51,53-38)25-34(45)20-14-19-32(43)21-35(46)22-36(47)24-39(49)52-30(4)28(2)40(27)50/h5-13,15-16,18,27-30,32-38,40,43-48,50-51H,14,17,19-26H2,1-4H3/b7-5+,8-6+,12-9+,15-10+,16-11+,18-13+/t27?,28-,29?,30-,32?,33?,34?,35?,36?,37-,38?,40+,41?/m0/s1. The smallest absolute Gasteiger partial charge is 0.308 e. The number of aliphatic hydroxyl groups is 8. The Hall–Kier alpha value is -2.78. The van der Waals surface area contributed by atoms with E-state index >= 15 is 0 Å². The summed E-state index contributed by atoms with van der Waals surface area (Å²) in [5.41, 5.74) is 0. The fourth-order valence-corrected chi connectivity index (χ4v) is 6.50. The molecule has 2 aliphatic rings. The van der Waals surface area contributed by atoms with Crippen LogP contribution >= 0.6 is 0 Å². The molecule has 0 spiro atoms. The maximum Gasteiger partial charge on any atom is 0.308 e. The quantitative estimate of drug-likeness (QED) is 0.168. The molecule has 0 aromatic rings. The van der Waals surface area contributed by atoms with Crippen molar-refractivity contribution in [1.82, 2.24) is 0 Å². The summed E-state index contributed by atoms with van der Waals surface area (Å²) in [4.78, 5) is 24.7. The lowest BCUT2D eigenvalue weighted by Crippen LogP contribution is -2.52. The Bertz CT molecular complexity index is 1270. The van der Waals surface area contributed by atoms with Gasteiger partial charge in [0.1, 0.15) is 6.10 Å². The number of ether oxygens (including phenoxy) is 2. The van der Waals surface area contributed by atoms with Crippen molar-refractivity contribution in [2.45, 2.75) is 153 Å². The predicted octanol–water partition coefficient (Wildman–Crippen LogP) is 3.26. The van der Waals surface area contributed by atoms with Gasteiger partial charge in [-0.3, -0.25) is 9.59 Å². The zero-order valence-corrected chi connectivity index (χ0v) is 31.6. The van der Waals surface area contributed by atoms with Gasteiger partial charge in [-0.1, -0.05) is 87.6 Å². The van der Waals surface area contributed by atoms with Crippen LogP contribution in [0, 0.1) is 17.8 Å². The number of hydrogen-bond acceptors (Lipinski definition) is 12. The fraction of sp³-hybridized carbons (Fsp3) is 0.659. The van der Waals surface area contributed by atoms with Crippen LogP contribution in [0.5, 0.6) is 0 Å². The van der Waals surface area contributed by atoms with Crippen LogP contribution in [0.3, 0.4) is 0 Å². The van der Waals surface area contributed by atoms with Crippen LogP contribution < -0.4 is 0 Å². The van der Waals surface area contributed by atoms with E-state index in [0.717, 1.165) is 0 Å². The molecule has 2 bridgehead atoms. The second kappa shape index (κ2) is 23.9. The average Bonchev–Trinajstić information content (AvgIpc) is 3.06. The Balaban J connectivity index is 2.10. The molecule has 0 aliphatic carbocycles.